The molecule has 7 nitrogen and oxygen atoms in total. The van der Waals surface area contributed by atoms with Crippen molar-refractivity contribution in [2.24, 2.45) is 0 Å². The number of rotatable bonds is 0. The van der Waals surface area contributed by atoms with E-state index >= 15 is 0 Å². The monoisotopic (exact) mass is 156 g/mol. The summed E-state index contributed by atoms with van der Waals surface area (Å²) in [6.45, 7) is 0. The van der Waals surface area contributed by atoms with E-state index in [9.17, 15) is 0 Å². The van der Waals surface area contributed by atoms with Crippen molar-refractivity contribution in [2.75, 3.05) is 0 Å². The summed E-state index contributed by atoms with van der Waals surface area (Å²) < 4.78 is 0. The van der Waals surface area contributed by atoms with Crippen LogP contribution in [0.5, 0.6) is 0 Å². The second-order valence-corrected chi connectivity index (χ2v) is 0.224. The van der Waals surface area contributed by atoms with Crippen molar-refractivity contribution in [3.05, 3.63) is 15.3 Å². The van der Waals surface area contributed by atoms with E-state index in [1.54, 1.807) is 0 Å². The predicted molar refractivity (Wildman–Crippen MR) is 27.0 cm³/mol. The van der Waals surface area contributed by atoms with Gasteiger partial charge >= 0.3 is 37.7 Å². The summed E-state index contributed by atoms with van der Waals surface area (Å²) in [7, 11) is 0. The van der Waals surface area contributed by atoms with Gasteiger partial charge in [-0.15, -0.1) is 0 Å². The molecule has 0 saturated heterocycles. The molecule has 48 valence electrons. The Labute approximate surface area is 74.3 Å². The van der Waals surface area contributed by atoms with E-state index in [4.69, 9.17) is 15.3 Å². The Hall–Kier alpha value is 0.340. The van der Waals surface area contributed by atoms with Crippen LogP contribution in [0.25, 0.3) is 0 Å². The molecule has 0 atom stereocenters. The Morgan fingerprint density at radius 3 is 1.00 bits per heavy atom. The molecule has 0 saturated carbocycles. The third-order valence-corrected chi connectivity index (χ3v) is 0. The van der Waals surface area contributed by atoms with E-state index in [1.807, 2.05) is 0 Å². The molecule has 0 aromatic rings. The van der Waals surface area contributed by atoms with E-state index in [2.05, 4.69) is 0 Å². The van der Waals surface area contributed by atoms with Crippen LogP contribution < -0.4 is 0 Å². The molecular weight excluding hydrogens is 150 g/mol. The first-order valence-electron chi connectivity index (χ1n) is 0.548. The maximum atomic E-state index is 8.25. The molecule has 8 heavy (non-hydrogen) atoms. The van der Waals surface area contributed by atoms with Crippen LogP contribution in [0.1, 0.15) is 0 Å². The topological polar surface area (TPSA) is 161 Å². The summed E-state index contributed by atoms with van der Waals surface area (Å²) in [6.07, 6.45) is 0. The smallest absolute Gasteiger partial charge is 0.412 e. The van der Waals surface area contributed by atoms with Crippen LogP contribution in [0.2, 0.25) is 0 Å². The number of hydrogen-bond donors (Lipinski definition) is 0. The Morgan fingerprint density at radius 1 is 1.00 bits per heavy atom. The summed E-state index contributed by atoms with van der Waals surface area (Å²) in [6, 6.07) is 0. The average Bonchev–Trinajstić information content (AvgIpc) is 0.811. The third-order valence-electron chi connectivity index (χ3n) is 0. The first-order chi connectivity index (χ1) is 1.73. The van der Waals surface area contributed by atoms with Gasteiger partial charge in [0.25, 0.3) is 0 Å². The first-order valence-corrected chi connectivity index (χ1v) is 0.548. The molecule has 0 aliphatic heterocycles. The van der Waals surface area contributed by atoms with Crippen molar-refractivity contribution in [3.63, 3.8) is 0 Å². The third kappa shape index (κ3) is 1570. The van der Waals surface area contributed by atoms with Crippen molar-refractivity contribution < 1.29 is 21.5 Å². The minimum absolute atomic E-state index is 0. The molecular formula is H6CaNO6+. The zero-order valence-corrected chi connectivity index (χ0v) is 6.09. The van der Waals surface area contributed by atoms with Gasteiger partial charge in [-0.05, 0) is 0 Å². The quantitative estimate of drug-likeness (QED) is 0.206. The van der Waals surface area contributed by atoms with Crippen molar-refractivity contribution in [1.29, 1.82) is 0 Å². The Balaban J connectivity index is -0.00000000750. The fourth-order valence-corrected chi connectivity index (χ4v) is 0. The molecule has 0 aromatic heterocycles. The molecule has 8 heteroatoms. The maximum absolute atomic E-state index is 8.25. The zero-order chi connectivity index (χ0) is 3.58. The summed E-state index contributed by atoms with van der Waals surface area (Å²) in [5.41, 5.74) is 0. The van der Waals surface area contributed by atoms with E-state index < -0.39 is 5.09 Å². The maximum Gasteiger partial charge on any atom is 2.00 e. The normalized spacial score (nSPS) is 3.00. The molecule has 0 aliphatic rings. The van der Waals surface area contributed by atoms with Crippen LogP contribution in [0, 0.1) is 15.3 Å². The Morgan fingerprint density at radius 2 is 1.00 bits per heavy atom. The largest absolute Gasteiger partial charge is 2.00 e. The second-order valence-electron chi connectivity index (χ2n) is 0.224. The van der Waals surface area contributed by atoms with E-state index in [-0.39, 0.29) is 54.2 Å². The van der Waals surface area contributed by atoms with Gasteiger partial charge in [0, 0.05) is 0 Å². The van der Waals surface area contributed by atoms with Gasteiger partial charge in [0.2, 0.25) is 0 Å². The van der Waals surface area contributed by atoms with Gasteiger partial charge in [-0.2, -0.15) is 0 Å². The van der Waals surface area contributed by atoms with Crippen LogP contribution >= 0.6 is 0 Å². The van der Waals surface area contributed by atoms with Crippen molar-refractivity contribution in [2.45, 2.75) is 0 Å². The van der Waals surface area contributed by atoms with Gasteiger partial charge in [0.05, 0.1) is 5.09 Å². The predicted octanol–water partition coefficient (Wildman–Crippen LogP) is -3.09. The summed E-state index contributed by atoms with van der Waals surface area (Å²) >= 11 is 0. The standard InChI is InChI=1S/Ca.NO3.3H2O/c;2-1(3)4;;;/h;;3*1H2/q+2;-1;;;. The van der Waals surface area contributed by atoms with E-state index in [0.717, 1.165) is 0 Å². The van der Waals surface area contributed by atoms with Gasteiger partial charge in [-0.3, -0.25) is 0 Å². The summed E-state index contributed by atoms with van der Waals surface area (Å²) in [5, 5.41) is 14.8. The molecule has 0 spiro atoms. The minimum Gasteiger partial charge on any atom is -0.412 e. The number of hydrogen-bond acceptors (Lipinski definition) is 3. The molecule has 6 N–H and O–H groups in total. The van der Waals surface area contributed by atoms with Crippen LogP contribution in [0.4, 0.5) is 0 Å². The van der Waals surface area contributed by atoms with E-state index in [0.29, 0.717) is 0 Å². The first kappa shape index (κ1) is 40.3. The van der Waals surface area contributed by atoms with Gasteiger partial charge in [-0.1, -0.05) is 0 Å². The molecule has 0 bridgehead atoms. The van der Waals surface area contributed by atoms with Gasteiger partial charge in [0.1, 0.15) is 0 Å². The molecule has 0 heterocycles. The van der Waals surface area contributed by atoms with Gasteiger partial charge in [-0.25, -0.2) is 0 Å². The second kappa shape index (κ2) is 26.4. The van der Waals surface area contributed by atoms with Crippen LogP contribution in [-0.2, 0) is 0 Å². The number of nitrogens with zero attached hydrogens (tertiary/aromatic N) is 1. The molecule has 0 unspecified atom stereocenters. The average molecular weight is 156 g/mol. The minimum atomic E-state index is -1.75. The molecule has 0 aromatic carbocycles. The molecule has 0 aliphatic carbocycles. The summed E-state index contributed by atoms with van der Waals surface area (Å²) in [5.74, 6) is 0. The van der Waals surface area contributed by atoms with Crippen molar-refractivity contribution in [1.82, 2.24) is 0 Å². The molecule has 0 rings (SSSR count). The molecule has 0 radical (unpaired) electrons. The van der Waals surface area contributed by atoms with Crippen molar-refractivity contribution >= 4 is 37.7 Å². The van der Waals surface area contributed by atoms with Crippen LogP contribution in [0.3, 0.4) is 0 Å². The zero-order valence-electron chi connectivity index (χ0n) is 3.88. The van der Waals surface area contributed by atoms with Crippen molar-refractivity contribution in [3.8, 4) is 0 Å². The Kier molecular flexibility index (Phi) is 133. The summed E-state index contributed by atoms with van der Waals surface area (Å²) in [4.78, 5) is 8.25. The van der Waals surface area contributed by atoms with E-state index in [1.165, 1.54) is 0 Å². The SMILES string of the molecule is O.O.O.O=[N+]([O-])[O-].[Ca+2]. The van der Waals surface area contributed by atoms with Crippen LogP contribution in [0.15, 0.2) is 0 Å². The van der Waals surface area contributed by atoms with Gasteiger partial charge < -0.3 is 31.8 Å². The fourth-order valence-electron chi connectivity index (χ4n) is 0. The molecule has 0 fully saturated rings. The molecule has 0 amide bonds. The Bertz CT molecular complexity index is 31.5. The van der Waals surface area contributed by atoms with Crippen LogP contribution in [-0.4, -0.2) is 59.3 Å². The van der Waals surface area contributed by atoms with Gasteiger partial charge in [0.15, 0.2) is 0 Å². The fraction of sp³-hybridized carbons (Fsp3) is 0.